The van der Waals surface area contributed by atoms with E-state index in [9.17, 15) is 4.79 Å². The molecule has 3 nitrogen and oxygen atoms in total. The van der Waals surface area contributed by atoms with Gasteiger partial charge in [0.05, 0.1) is 0 Å². The molecule has 0 saturated carbocycles. The largest absolute Gasteiger partial charge is 0.444 e. The van der Waals surface area contributed by atoms with E-state index in [1.54, 1.807) is 0 Å². The normalized spacial score (nSPS) is 11.2. The number of unbranched alkanes of at least 4 members (excludes halogenated alkanes) is 4. The van der Waals surface area contributed by atoms with Crippen LogP contribution in [0.5, 0.6) is 0 Å². The van der Waals surface area contributed by atoms with Crippen LogP contribution < -0.4 is 5.32 Å². The lowest BCUT2D eigenvalue weighted by Gasteiger charge is -2.19. The Kier molecular flexibility index (Phi) is 7.18. The van der Waals surface area contributed by atoms with Crippen molar-refractivity contribution < 1.29 is 9.53 Å². The lowest BCUT2D eigenvalue weighted by atomic mass is 10.1. The standard InChI is InChI=1S/C12H25NO2/c1-5-6-7-8-9-10-13-11(14)15-12(2,3)4/h5-10H2,1-4H3,(H,13,14). The first-order valence-electron chi connectivity index (χ1n) is 5.92. The Morgan fingerprint density at radius 3 is 2.27 bits per heavy atom. The van der Waals surface area contributed by atoms with Crippen LogP contribution in [0.25, 0.3) is 0 Å². The molecule has 0 aromatic rings. The van der Waals surface area contributed by atoms with Gasteiger partial charge in [0.2, 0.25) is 0 Å². The number of ether oxygens (including phenoxy) is 1. The first kappa shape index (κ1) is 14.3. The fourth-order valence-corrected chi connectivity index (χ4v) is 1.23. The maximum Gasteiger partial charge on any atom is 0.407 e. The molecule has 0 rings (SSSR count). The zero-order valence-electron chi connectivity index (χ0n) is 10.6. The topological polar surface area (TPSA) is 38.3 Å². The predicted molar refractivity (Wildman–Crippen MR) is 63.0 cm³/mol. The summed E-state index contributed by atoms with van der Waals surface area (Å²) in [6, 6.07) is 0. The number of hydrogen-bond donors (Lipinski definition) is 1. The molecular formula is C12H25NO2. The number of carbonyl (C=O) groups is 1. The quantitative estimate of drug-likeness (QED) is 0.689. The average Bonchev–Trinajstić information content (AvgIpc) is 2.08. The summed E-state index contributed by atoms with van der Waals surface area (Å²) in [4.78, 5) is 11.2. The summed E-state index contributed by atoms with van der Waals surface area (Å²) in [6.07, 6.45) is 5.71. The van der Waals surface area contributed by atoms with Gasteiger partial charge in [0, 0.05) is 6.54 Å². The van der Waals surface area contributed by atoms with Crippen LogP contribution in [-0.4, -0.2) is 18.2 Å². The molecule has 0 aliphatic heterocycles. The smallest absolute Gasteiger partial charge is 0.407 e. The summed E-state index contributed by atoms with van der Waals surface area (Å²) in [7, 11) is 0. The molecule has 1 amide bonds. The van der Waals surface area contributed by atoms with Crippen molar-refractivity contribution in [1.29, 1.82) is 0 Å². The second-order valence-electron chi connectivity index (χ2n) is 4.84. The Morgan fingerprint density at radius 2 is 1.73 bits per heavy atom. The zero-order valence-corrected chi connectivity index (χ0v) is 10.6. The average molecular weight is 215 g/mol. The molecule has 0 aliphatic carbocycles. The molecule has 0 aromatic carbocycles. The maximum atomic E-state index is 11.2. The fourth-order valence-electron chi connectivity index (χ4n) is 1.23. The Labute approximate surface area is 93.6 Å². The summed E-state index contributed by atoms with van der Waals surface area (Å²) < 4.78 is 5.12. The van der Waals surface area contributed by atoms with Crippen molar-refractivity contribution in [2.75, 3.05) is 6.54 Å². The highest BCUT2D eigenvalue weighted by atomic mass is 16.6. The van der Waals surface area contributed by atoms with Crippen LogP contribution in [-0.2, 0) is 4.74 Å². The highest BCUT2D eigenvalue weighted by Gasteiger charge is 2.15. The van der Waals surface area contributed by atoms with E-state index in [2.05, 4.69) is 12.2 Å². The summed E-state index contributed by atoms with van der Waals surface area (Å²) in [5.74, 6) is 0. The van der Waals surface area contributed by atoms with Crippen molar-refractivity contribution in [2.24, 2.45) is 0 Å². The molecule has 0 radical (unpaired) electrons. The third kappa shape index (κ3) is 11.2. The Balaban J connectivity index is 3.32. The van der Waals surface area contributed by atoms with E-state index in [4.69, 9.17) is 4.74 Å². The molecule has 15 heavy (non-hydrogen) atoms. The van der Waals surface area contributed by atoms with Gasteiger partial charge in [0.15, 0.2) is 0 Å². The fraction of sp³-hybridized carbons (Fsp3) is 0.917. The van der Waals surface area contributed by atoms with Gasteiger partial charge in [-0.05, 0) is 27.2 Å². The molecule has 0 spiro atoms. The van der Waals surface area contributed by atoms with E-state index >= 15 is 0 Å². The lowest BCUT2D eigenvalue weighted by molar-refractivity contribution is 0.0527. The van der Waals surface area contributed by atoms with Crippen LogP contribution in [0.4, 0.5) is 4.79 Å². The molecule has 0 aromatic heterocycles. The minimum atomic E-state index is -0.397. The van der Waals surface area contributed by atoms with E-state index < -0.39 is 5.60 Å². The first-order chi connectivity index (χ1) is 6.95. The number of alkyl carbamates (subject to hydrolysis) is 1. The minimum absolute atomic E-state index is 0.307. The summed E-state index contributed by atoms with van der Waals surface area (Å²) in [5, 5.41) is 2.75. The molecule has 0 bridgehead atoms. The number of rotatable bonds is 6. The molecule has 0 aliphatic rings. The van der Waals surface area contributed by atoms with Gasteiger partial charge in [0.1, 0.15) is 5.60 Å². The van der Waals surface area contributed by atoms with Crippen molar-refractivity contribution in [3.8, 4) is 0 Å². The van der Waals surface area contributed by atoms with Gasteiger partial charge in [-0.1, -0.05) is 32.6 Å². The Hall–Kier alpha value is -0.730. The van der Waals surface area contributed by atoms with E-state index in [0.717, 1.165) is 13.0 Å². The molecule has 1 N–H and O–H groups in total. The minimum Gasteiger partial charge on any atom is -0.444 e. The monoisotopic (exact) mass is 215 g/mol. The molecule has 3 heteroatoms. The molecular weight excluding hydrogens is 190 g/mol. The van der Waals surface area contributed by atoms with Gasteiger partial charge in [-0.25, -0.2) is 4.79 Å². The van der Waals surface area contributed by atoms with E-state index in [1.807, 2.05) is 20.8 Å². The number of nitrogens with one attached hydrogen (secondary N) is 1. The van der Waals surface area contributed by atoms with Crippen molar-refractivity contribution in [3.63, 3.8) is 0 Å². The molecule has 0 heterocycles. The van der Waals surface area contributed by atoms with E-state index in [-0.39, 0.29) is 6.09 Å². The van der Waals surface area contributed by atoms with Gasteiger partial charge in [-0.15, -0.1) is 0 Å². The molecule has 0 atom stereocenters. The first-order valence-corrected chi connectivity index (χ1v) is 5.92. The van der Waals surface area contributed by atoms with Crippen molar-refractivity contribution in [1.82, 2.24) is 5.32 Å². The summed E-state index contributed by atoms with van der Waals surface area (Å²) >= 11 is 0. The highest BCUT2D eigenvalue weighted by Crippen LogP contribution is 2.06. The van der Waals surface area contributed by atoms with Gasteiger partial charge in [-0.2, -0.15) is 0 Å². The summed E-state index contributed by atoms with van der Waals surface area (Å²) in [6.45, 7) is 8.52. The highest BCUT2D eigenvalue weighted by molar-refractivity contribution is 5.67. The second kappa shape index (κ2) is 7.55. The molecule has 0 saturated heterocycles. The van der Waals surface area contributed by atoms with Crippen LogP contribution in [0.15, 0.2) is 0 Å². The van der Waals surface area contributed by atoms with Crippen molar-refractivity contribution in [2.45, 2.75) is 65.4 Å². The number of hydrogen-bond acceptors (Lipinski definition) is 2. The predicted octanol–water partition coefficient (Wildman–Crippen LogP) is 3.48. The summed E-state index contributed by atoms with van der Waals surface area (Å²) in [5.41, 5.74) is -0.397. The van der Waals surface area contributed by atoms with Gasteiger partial charge in [0.25, 0.3) is 0 Å². The molecule has 90 valence electrons. The van der Waals surface area contributed by atoms with Crippen LogP contribution in [0.2, 0.25) is 0 Å². The SMILES string of the molecule is CCCCCCCNC(=O)OC(C)(C)C. The van der Waals surface area contributed by atoms with Crippen LogP contribution >= 0.6 is 0 Å². The third-order valence-corrected chi connectivity index (χ3v) is 1.95. The van der Waals surface area contributed by atoms with Gasteiger partial charge in [-0.3, -0.25) is 0 Å². The zero-order chi connectivity index (χ0) is 11.7. The van der Waals surface area contributed by atoms with Crippen LogP contribution in [0, 0.1) is 0 Å². The Morgan fingerprint density at radius 1 is 1.13 bits per heavy atom. The van der Waals surface area contributed by atoms with Gasteiger partial charge >= 0.3 is 6.09 Å². The van der Waals surface area contributed by atoms with Gasteiger partial charge < -0.3 is 10.1 Å². The molecule has 0 fully saturated rings. The molecule has 0 unspecified atom stereocenters. The second-order valence-corrected chi connectivity index (χ2v) is 4.84. The third-order valence-electron chi connectivity index (χ3n) is 1.95. The van der Waals surface area contributed by atoms with Crippen LogP contribution in [0.3, 0.4) is 0 Å². The van der Waals surface area contributed by atoms with Crippen LogP contribution in [0.1, 0.15) is 59.8 Å². The number of carbonyl (C=O) groups excluding carboxylic acids is 1. The van der Waals surface area contributed by atoms with Crippen molar-refractivity contribution >= 4 is 6.09 Å². The van der Waals surface area contributed by atoms with E-state index in [0.29, 0.717) is 0 Å². The maximum absolute atomic E-state index is 11.2. The number of amides is 1. The van der Waals surface area contributed by atoms with Crippen molar-refractivity contribution in [3.05, 3.63) is 0 Å². The Bertz CT molecular complexity index is 173. The van der Waals surface area contributed by atoms with E-state index in [1.165, 1.54) is 25.7 Å². The lowest BCUT2D eigenvalue weighted by Crippen LogP contribution is -2.32.